The van der Waals surface area contributed by atoms with Crippen LogP contribution < -0.4 is 5.73 Å². The Morgan fingerprint density at radius 2 is 1.91 bits per heavy atom. The fraction of sp³-hybridized carbons (Fsp3) is 0. The Labute approximate surface area is 66.9 Å². The molecule has 1 rings (SSSR count). The lowest BCUT2D eigenvalue weighted by molar-refractivity contribution is 1.52. The van der Waals surface area contributed by atoms with Gasteiger partial charge in [-0.15, -0.1) is 0 Å². The molecule has 0 atom stereocenters. The van der Waals surface area contributed by atoms with Crippen molar-refractivity contribution in [2.75, 3.05) is 0 Å². The van der Waals surface area contributed by atoms with Gasteiger partial charge in [0.1, 0.15) is 0 Å². The molecule has 0 heterocycles. The van der Waals surface area contributed by atoms with Crippen molar-refractivity contribution in [2.45, 2.75) is 0 Å². The zero-order chi connectivity index (χ0) is 8.10. The zero-order valence-electron chi connectivity index (χ0n) is 6.33. The van der Waals surface area contributed by atoms with E-state index in [1.54, 1.807) is 12.2 Å². The molecule has 0 saturated carbocycles. The Morgan fingerprint density at radius 1 is 1.27 bits per heavy atom. The van der Waals surface area contributed by atoms with Crippen LogP contribution in [0, 0.1) is 0 Å². The third kappa shape index (κ3) is 1.97. The van der Waals surface area contributed by atoms with E-state index in [2.05, 4.69) is 6.58 Å². The van der Waals surface area contributed by atoms with Crippen LogP contribution in [-0.4, -0.2) is 0 Å². The number of benzene rings is 1. The van der Waals surface area contributed by atoms with Crippen LogP contribution in [-0.2, 0) is 0 Å². The number of nitrogens with two attached hydrogens (primary N) is 1. The third-order valence-electron chi connectivity index (χ3n) is 1.40. The van der Waals surface area contributed by atoms with E-state index in [-0.39, 0.29) is 0 Å². The number of hydrogen-bond donors (Lipinski definition) is 1. The Morgan fingerprint density at radius 3 is 2.45 bits per heavy atom. The molecule has 1 nitrogen and oxygen atoms in total. The molecular weight excluding hydrogens is 134 g/mol. The van der Waals surface area contributed by atoms with Gasteiger partial charge >= 0.3 is 0 Å². The van der Waals surface area contributed by atoms with Crippen LogP contribution in [0.3, 0.4) is 0 Å². The van der Waals surface area contributed by atoms with Gasteiger partial charge in [-0.25, -0.2) is 0 Å². The summed E-state index contributed by atoms with van der Waals surface area (Å²) >= 11 is 0. The smallest absolute Gasteiger partial charge is 0.0387 e. The van der Waals surface area contributed by atoms with Gasteiger partial charge < -0.3 is 5.73 Å². The summed E-state index contributed by atoms with van der Waals surface area (Å²) in [5.74, 6) is 0. The average molecular weight is 145 g/mol. The van der Waals surface area contributed by atoms with Crippen LogP contribution in [0.15, 0.2) is 49.1 Å². The number of allylic oxidation sites excluding steroid dienone is 2. The molecule has 11 heavy (non-hydrogen) atoms. The summed E-state index contributed by atoms with van der Waals surface area (Å²) < 4.78 is 0. The predicted octanol–water partition coefficient (Wildman–Crippen LogP) is 2.17. The summed E-state index contributed by atoms with van der Waals surface area (Å²) in [6.07, 6.45) is 3.47. The van der Waals surface area contributed by atoms with E-state index in [0.29, 0.717) is 0 Å². The minimum Gasteiger partial charge on any atom is -0.398 e. The van der Waals surface area contributed by atoms with E-state index in [0.717, 1.165) is 11.3 Å². The van der Waals surface area contributed by atoms with Crippen molar-refractivity contribution in [1.29, 1.82) is 0 Å². The summed E-state index contributed by atoms with van der Waals surface area (Å²) in [5.41, 5.74) is 7.48. The largest absolute Gasteiger partial charge is 0.398 e. The van der Waals surface area contributed by atoms with Crippen molar-refractivity contribution in [3.05, 3.63) is 54.6 Å². The quantitative estimate of drug-likeness (QED) is 0.634. The first-order valence-corrected chi connectivity index (χ1v) is 3.48. The van der Waals surface area contributed by atoms with Gasteiger partial charge in [-0.05, 0) is 11.6 Å². The monoisotopic (exact) mass is 145 g/mol. The standard InChI is InChI=1S/C10H11N/c1-2-6-10(11)9-7-4-3-5-8-9/h2-8H,1,11H2. The highest BCUT2D eigenvalue weighted by Gasteiger charge is 1.90. The van der Waals surface area contributed by atoms with E-state index in [1.807, 2.05) is 30.3 Å². The predicted molar refractivity (Wildman–Crippen MR) is 48.8 cm³/mol. The SMILES string of the molecule is C=CC=C(N)c1ccccc1. The van der Waals surface area contributed by atoms with E-state index < -0.39 is 0 Å². The first-order valence-electron chi connectivity index (χ1n) is 3.48. The third-order valence-corrected chi connectivity index (χ3v) is 1.40. The lowest BCUT2D eigenvalue weighted by Gasteiger charge is -1.97. The summed E-state index contributed by atoms with van der Waals surface area (Å²) in [5, 5.41) is 0. The second-order valence-corrected chi connectivity index (χ2v) is 2.22. The summed E-state index contributed by atoms with van der Waals surface area (Å²) in [4.78, 5) is 0. The zero-order valence-corrected chi connectivity index (χ0v) is 6.33. The van der Waals surface area contributed by atoms with E-state index in [1.165, 1.54) is 0 Å². The summed E-state index contributed by atoms with van der Waals surface area (Å²) in [6.45, 7) is 3.57. The first kappa shape index (κ1) is 7.61. The van der Waals surface area contributed by atoms with E-state index in [9.17, 15) is 0 Å². The fourth-order valence-electron chi connectivity index (χ4n) is 0.854. The molecule has 0 spiro atoms. The topological polar surface area (TPSA) is 26.0 Å². The van der Waals surface area contributed by atoms with Crippen molar-refractivity contribution in [1.82, 2.24) is 0 Å². The molecule has 0 fully saturated rings. The van der Waals surface area contributed by atoms with Crippen LogP contribution in [0.4, 0.5) is 0 Å². The molecule has 0 aliphatic carbocycles. The van der Waals surface area contributed by atoms with E-state index >= 15 is 0 Å². The van der Waals surface area contributed by atoms with Crippen molar-refractivity contribution in [2.24, 2.45) is 5.73 Å². The highest BCUT2D eigenvalue weighted by molar-refractivity contribution is 5.63. The second kappa shape index (κ2) is 3.62. The molecule has 1 aromatic rings. The molecule has 0 aromatic heterocycles. The molecule has 0 saturated heterocycles. The minimum absolute atomic E-state index is 0.751. The maximum atomic E-state index is 5.70. The Kier molecular flexibility index (Phi) is 2.50. The van der Waals surface area contributed by atoms with Gasteiger partial charge in [-0.2, -0.15) is 0 Å². The van der Waals surface area contributed by atoms with Crippen LogP contribution in [0.25, 0.3) is 5.70 Å². The van der Waals surface area contributed by atoms with Gasteiger partial charge in [0.15, 0.2) is 0 Å². The maximum Gasteiger partial charge on any atom is 0.0387 e. The number of hydrogen-bond acceptors (Lipinski definition) is 1. The molecule has 56 valence electrons. The molecule has 0 bridgehead atoms. The lowest BCUT2D eigenvalue weighted by atomic mass is 10.1. The molecule has 1 heteroatoms. The molecule has 0 amide bonds. The maximum absolute atomic E-state index is 5.70. The molecule has 0 radical (unpaired) electrons. The molecule has 1 aromatic carbocycles. The van der Waals surface area contributed by atoms with Crippen molar-refractivity contribution < 1.29 is 0 Å². The van der Waals surface area contributed by atoms with Crippen molar-refractivity contribution >= 4 is 5.70 Å². The fourth-order valence-corrected chi connectivity index (χ4v) is 0.854. The molecule has 0 aliphatic heterocycles. The van der Waals surface area contributed by atoms with Crippen LogP contribution in [0.5, 0.6) is 0 Å². The van der Waals surface area contributed by atoms with Gasteiger partial charge in [0, 0.05) is 5.70 Å². The molecule has 0 unspecified atom stereocenters. The van der Waals surface area contributed by atoms with Crippen molar-refractivity contribution in [3.63, 3.8) is 0 Å². The van der Waals surface area contributed by atoms with Gasteiger partial charge in [0.25, 0.3) is 0 Å². The van der Waals surface area contributed by atoms with Crippen LogP contribution in [0.1, 0.15) is 5.56 Å². The van der Waals surface area contributed by atoms with E-state index in [4.69, 9.17) is 5.73 Å². The first-order chi connectivity index (χ1) is 5.34. The number of rotatable bonds is 2. The molecule has 2 N–H and O–H groups in total. The highest BCUT2D eigenvalue weighted by atomic mass is 14.6. The Balaban J connectivity index is 2.94. The lowest BCUT2D eigenvalue weighted by Crippen LogP contribution is -1.94. The molecule has 0 aliphatic rings. The van der Waals surface area contributed by atoms with Gasteiger partial charge in [-0.3, -0.25) is 0 Å². The highest BCUT2D eigenvalue weighted by Crippen LogP contribution is 2.06. The normalized spacial score (nSPS) is 11.1. The van der Waals surface area contributed by atoms with Gasteiger partial charge in [0.2, 0.25) is 0 Å². The second-order valence-electron chi connectivity index (χ2n) is 2.22. The summed E-state index contributed by atoms with van der Waals surface area (Å²) in [7, 11) is 0. The van der Waals surface area contributed by atoms with Gasteiger partial charge in [0.05, 0.1) is 0 Å². The minimum atomic E-state index is 0.751. The Hall–Kier alpha value is -1.50. The van der Waals surface area contributed by atoms with Crippen LogP contribution in [0.2, 0.25) is 0 Å². The Bertz CT molecular complexity index is 259. The van der Waals surface area contributed by atoms with Gasteiger partial charge in [-0.1, -0.05) is 43.0 Å². The molecular formula is C10H11N. The average Bonchev–Trinajstić information content (AvgIpc) is 2.07. The summed E-state index contributed by atoms with van der Waals surface area (Å²) in [6, 6.07) is 9.81. The van der Waals surface area contributed by atoms with Crippen LogP contribution >= 0.6 is 0 Å². The van der Waals surface area contributed by atoms with Crippen molar-refractivity contribution in [3.8, 4) is 0 Å².